The van der Waals surface area contributed by atoms with Crippen molar-refractivity contribution in [1.82, 2.24) is 14.9 Å². The normalized spacial score (nSPS) is 29.8. The highest BCUT2D eigenvalue weighted by atomic mass is 32.2. The van der Waals surface area contributed by atoms with Crippen molar-refractivity contribution in [2.75, 3.05) is 6.54 Å². The molecule has 42 heavy (non-hydrogen) atoms. The summed E-state index contributed by atoms with van der Waals surface area (Å²) in [6.45, 7) is 4.02. The van der Waals surface area contributed by atoms with Crippen LogP contribution in [-0.4, -0.2) is 47.6 Å². The number of halogens is 4. The molecular weight excluding hydrogens is 572 g/mol. The molecule has 7 rings (SSSR count). The molecule has 0 unspecified atom stereocenters. The molecule has 2 aromatic carbocycles. The van der Waals surface area contributed by atoms with Crippen LogP contribution in [0.15, 0.2) is 58.4 Å². The Balaban J connectivity index is 1.24. The number of fused-ring (bicyclic) bond motifs is 1. The molecule has 4 fully saturated rings. The highest BCUT2D eigenvalue weighted by molar-refractivity contribution is 7.89. The van der Waals surface area contributed by atoms with Gasteiger partial charge >= 0.3 is 6.18 Å². The maximum absolute atomic E-state index is 14.0. The average Bonchev–Trinajstić information content (AvgIpc) is 3.58. The number of hydrogen-bond acceptors (Lipinski definition) is 5. The van der Waals surface area contributed by atoms with Crippen LogP contribution in [0.5, 0.6) is 0 Å². The Morgan fingerprint density at radius 2 is 1.69 bits per heavy atom. The summed E-state index contributed by atoms with van der Waals surface area (Å²) in [4.78, 5) is 17.8. The molecule has 12 heteroatoms. The first-order valence-corrected chi connectivity index (χ1v) is 15.7. The van der Waals surface area contributed by atoms with Gasteiger partial charge in [-0.15, -0.1) is 0 Å². The first-order valence-electron chi connectivity index (χ1n) is 14.2. The Bertz CT molecular complexity index is 1520. The van der Waals surface area contributed by atoms with Crippen LogP contribution in [0.25, 0.3) is 0 Å². The summed E-state index contributed by atoms with van der Waals surface area (Å²) in [6, 6.07) is 9.06. The van der Waals surface area contributed by atoms with Crippen molar-refractivity contribution in [3.05, 3.63) is 65.5 Å². The number of rotatable bonds is 8. The van der Waals surface area contributed by atoms with Crippen LogP contribution in [0.2, 0.25) is 0 Å². The average molecular weight is 607 g/mol. The number of nitrogens with zero attached hydrogens (tertiary/aromatic N) is 2. The molecule has 4 aliphatic carbocycles. The number of nitrogens with one attached hydrogen (secondary N) is 2. The molecule has 5 aliphatic rings. The smallest absolute Gasteiger partial charge is 0.358 e. The molecule has 0 spiro atoms. The third kappa shape index (κ3) is 5.00. The van der Waals surface area contributed by atoms with Gasteiger partial charge in [-0.05, 0) is 100 Å². The fraction of sp³-hybridized carbons (Fsp3) is 0.533. The third-order valence-electron chi connectivity index (χ3n) is 9.69. The number of carbonyl (C=O) groups excluding carboxylic acids is 1. The van der Waals surface area contributed by atoms with Crippen molar-refractivity contribution in [3.8, 4) is 0 Å². The molecular formula is C30H34F4N4O3S. The lowest BCUT2D eigenvalue weighted by atomic mass is 9.76. The zero-order valence-electron chi connectivity index (χ0n) is 23.5. The minimum atomic E-state index is -4.51. The molecule has 2 aromatic rings. The SMILES string of the molecule is CC1(NC(=O)[C@@]2(C)CN=C([C@H]3CC4(N(Cc5ccc(C(F)(F)F)cc5)S(=O)(=O)c5ccc(F)cc5)CC3C4)N2)CCC1. The predicted octanol–water partition coefficient (Wildman–Crippen LogP) is 5.02. The molecule has 2 bridgehead atoms. The highest BCUT2D eigenvalue weighted by Crippen LogP contribution is 2.60. The highest BCUT2D eigenvalue weighted by Gasteiger charge is 2.63. The summed E-state index contributed by atoms with van der Waals surface area (Å²) in [5.41, 5.74) is -2.27. The molecule has 0 aromatic heterocycles. The van der Waals surface area contributed by atoms with E-state index in [-0.39, 0.29) is 41.3 Å². The summed E-state index contributed by atoms with van der Waals surface area (Å²) in [5.74, 6) is 0.0762. The van der Waals surface area contributed by atoms with Gasteiger partial charge < -0.3 is 10.6 Å². The van der Waals surface area contributed by atoms with Gasteiger partial charge in [0.2, 0.25) is 15.9 Å². The van der Waals surface area contributed by atoms with Gasteiger partial charge in [0.1, 0.15) is 17.2 Å². The second-order valence-electron chi connectivity index (χ2n) is 12.9. The molecule has 7 nitrogen and oxygen atoms in total. The van der Waals surface area contributed by atoms with E-state index in [1.807, 2.05) is 13.8 Å². The second kappa shape index (κ2) is 9.77. The van der Waals surface area contributed by atoms with Crippen LogP contribution in [0.3, 0.4) is 0 Å². The first-order chi connectivity index (χ1) is 19.6. The molecule has 4 saturated carbocycles. The quantitative estimate of drug-likeness (QED) is 0.413. The van der Waals surface area contributed by atoms with E-state index in [1.54, 1.807) is 0 Å². The van der Waals surface area contributed by atoms with E-state index in [2.05, 4.69) is 10.6 Å². The van der Waals surface area contributed by atoms with E-state index in [4.69, 9.17) is 4.99 Å². The number of hydrogen-bond donors (Lipinski definition) is 2. The lowest BCUT2D eigenvalue weighted by Crippen LogP contribution is -2.62. The summed E-state index contributed by atoms with van der Waals surface area (Å²) in [5, 5.41) is 6.52. The Morgan fingerprint density at radius 1 is 1.05 bits per heavy atom. The van der Waals surface area contributed by atoms with Gasteiger partial charge in [-0.1, -0.05) is 12.1 Å². The van der Waals surface area contributed by atoms with Gasteiger partial charge in [-0.25, -0.2) is 12.8 Å². The van der Waals surface area contributed by atoms with E-state index in [0.29, 0.717) is 30.7 Å². The molecule has 1 amide bonds. The molecule has 2 N–H and O–H groups in total. The number of carbonyl (C=O) groups is 1. The minimum Gasteiger partial charge on any atom is -0.358 e. The van der Waals surface area contributed by atoms with Crippen molar-refractivity contribution in [3.63, 3.8) is 0 Å². The monoisotopic (exact) mass is 606 g/mol. The van der Waals surface area contributed by atoms with E-state index in [1.165, 1.54) is 28.6 Å². The van der Waals surface area contributed by atoms with E-state index >= 15 is 0 Å². The van der Waals surface area contributed by atoms with Gasteiger partial charge in [0.15, 0.2) is 0 Å². The Kier molecular flexibility index (Phi) is 6.77. The predicted molar refractivity (Wildman–Crippen MR) is 148 cm³/mol. The van der Waals surface area contributed by atoms with Gasteiger partial charge in [0, 0.05) is 23.5 Å². The van der Waals surface area contributed by atoms with Crippen molar-refractivity contribution in [1.29, 1.82) is 0 Å². The summed E-state index contributed by atoms with van der Waals surface area (Å²) >= 11 is 0. The van der Waals surface area contributed by atoms with E-state index in [0.717, 1.165) is 43.5 Å². The molecule has 0 saturated heterocycles. The van der Waals surface area contributed by atoms with Crippen LogP contribution in [0, 0.1) is 17.7 Å². The van der Waals surface area contributed by atoms with Gasteiger partial charge in [0.25, 0.3) is 0 Å². The largest absolute Gasteiger partial charge is 0.416 e. The third-order valence-corrected chi connectivity index (χ3v) is 11.7. The van der Waals surface area contributed by atoms with Crippen LogP contribution in [-0.2, 0) is 27.5 Å². The number of alkyl halides is 3. The summed E-state index contributed by atoms with van der Waals surface area (Å²) < 4.78 is 82.5. The zero-order chi connectivity index (χ0) is 30.1. The van der Waals surface area contributed by atoms with E-state index < -0.39 is 38.7 Å². The molecule has 226 valence electrons. The molecule has 1 heterocycles. The van der Waals surface area contributed by atoms with Crippen LogP contribution in [0.1, 0.15) is 63.5 Å². The molecule has 0 radical (unpaired) electrons. The Hall–Kier alpha value is -2.99. The second-order valence-corrected chi connectivity index (χ2v) is 14.8. The van der Waals surface area contributed by atoms with Crippen molar-refractivity contribution < 1.29 is 30.8 Å². The van der Waals surface area contributed by atoms with Crippen LogP contribution >= 0.6 is 0 Å². The Morgan fingerprint density at radius 3 is 2.26 bits per heavy atom. The fourth-order valence-corrected chi connectivity index (χ4v) is 8.75. The van der Waals surface area contributed by atoms with Gasteiger partial charge in [0.05, 0.1) is 17.0 Å². The van der Waals surface area contributed by atoms with Crippen LogP contribution in [0.4, 0.5) is 17.6 Å². The molecule has 1 aliphatic heterocycles. The van der Waals surface area contributed by atoms with Crippen LogP contribution < -0.4 is 10.6 Å². The number of benzene rings is 2. The lowest BCUT2D eigenvalue weighted by molar-refractivity contribution is -0.137. The number of aliphatic imine (C=N–C) groups is 1. The maximum atomic E-state index is 14.0. The van der Waals surface area contributed by atoms with Crippen molar-refractivity contribution in [2.24, 2.45) is 16.8 Å². The maximum Gasteiger partial charge on any atom is 0.416 e. The Labute approximate surface area is 242 Å². The first kappa shape index (κ1) is 29.1. The molecule has 2 atom stereocenters. The van der Waals surface area contributed by atoms with Gasteiger partial charge in [-0.2, -0.15) is 17.5 Å². The zero-order valence-corrected chi connectivity index (χ0v) is 24.3. The van der Waals surface area contributed by atoms with Gasteiger partial charge in [-0.3, -0.25) is 9.79 Å². The summed E-state index contributed by atoms with van der Waals surface area (Å²) in [6.07, 6.45) is 0.0200. The minimum absolute atomic E-state index is 0.0813. The standard InChI is InChI=1S/C30H34F4N4O3S/c1-27(12-3-13-27)37-26(39)28(2)18-35-25(36-28)24-16-29(14-20(24)15-29)38(42(40,41)23-10-8-22(31)9-11-23)17-19-4-6-21(7-5-19)30(32,33)34/h4-11,20,24H,3,12-18H2,1-2H3,(H,35,36)(H,37,39)/t20?,24-,28+,29?/m0/s1. The number of sulfonamides is 1. The van der Waals surface area contributed by atoms with Crippen molar-refractivity contribution in [2.45, 2.75) is 86.6 Å². The van der Waals surface area contributed by atoms with E-state index in [9.17, 15) is 30.8 Å². The fourth-order valence-electron chi connectivity index (χ4n) is 6.96. The number of amides is 1. The topological polar surface area (TPSA) is 90.9 Å². The number of amidine groups is 1. The van der Waals surface area contributed by atoms with Crippen molar-refractivity contribution >= 4 is 21.8 Å². The lowest BCUT2D eigenvalue weighted by Gasteiger charge is -2.46. The summed E-state index contributed by atoms with van der Waals surface area (Å²) in [7, 11) is -4.14.